The Morgan fingerprint density at radius 3 is 2.96 bits per heavy atom. The number of carbonyl (C=O) groups is 1. The van der Waals surface area contributed by atoms with Gasteiger partial charge in [0.15, 0.2) is 0 Å². The molecule has 0 saturated carbocycles. The molecule has 8 heteroatoms. The number of halogens is 1. The van der Waals surface area contributed by atoms with Crippen molar-refractivity contribution in [1.82, 2.24) is 20.1 Å². The van der Waals surface area contributed by atoms with Crippen LogP contribution in [0.1, 0.15) is 16.1 Å². The van der Waals surface area contributed by atoms with Crippen LogP contribution < -0.4 is 11.1 Å². The number of nitrogens with two attached hydrogens (primary N) is 1. The molecule has 0 unspecified atom stereocenters. The summed E-state index contributed by atoms with van der Waals surface area (Å²) in [5, 5.41) is 6.81. The van der Waals surface area contributed by atoms with Crippen LogP contribution in [0.15, 0.2) is 47.1 Å². The van der Waals surface area contributed by atoms with E-state index in [4.69, 9.17) is 10.2 Å². The number of hydrogen-bond acceptors (Lipinski definition) is 5. The summed E-state index contributed by atoms with van der Waals surface area (Å²) in [6.45, 7) is 0.213. The molecule has 7 nitrogen and oxygen atoms in total. The summed E-state index contributed by atoms with van der Waals surface area (Å²) < 4.78 is 20.4. The van der Waals surface area contributed by atoms with Crippen LogP contribution in [-0.2, 0) is 13.5 Å². The molecule has 3 N–H and O–H groups in total. The minimum absolute atomic E-state index is 0.0777. The van der Waals surface area contributed by atoms with E-state index < -0.39 is 5.91 Å². The van der Waals surface area contributed by atoms with E-state index in [0.717, 1.165) is 5.56 Å². The van der Waals surface area contributed by atoms with Crippen LogP contribution in [0.2, 0.25) is 0 Å². The van der Waals surface area contributed by atoms with Gasteiger partial charge in [0.2, 0.25) is 11.7 Å². The zero-order valence-electron chi connectivity index (χ0n) is 13.6. The van der Waals surface area contributed by atoms with Gasteiger partial charge in [0, 0.05) is 25.8 Å². The van der Waals surface area contributed by atoms with Crippen molar-refractivity contribution in [3.05, 3.63) is 59.9 Å². The summed E-state index contributed by atoms with van der Waals surface area (Å²) >= 11 is 0. The van der Waals surface area contributed by atoms with Gasteiger partial charge in [0.25, 0.3) is 5.91 Å². The van der Waals surface area contributed by atoms with E-state index in [-0.39, 0.29) is 24.2 Å². The first-order chi connectivity index (χ1) is 12.1. The van der Waals surface area contributed by atoms with Crippen molar-refractivity contribution < 1.29 is 13.6 Å². The monoisotopic (exact) mass is 343 g/mol. The van der Waals surface area contributed by atoms with Gasteiger partial charge in [-0.25, -0.2) is 9.37 Å². The molecule has 0 aliphatic carbocycles. The van der Waals surface area contributed by atoms with Gasteiger partial charge in [-0.15, -0.1) is 0 Å². The van der Waals surface area contributed by atoms with Gasteiger partial charge >= 0.3 is 0 Å². The molecule has 0 fully saturated rings. The third-order valence-corrected chi connectivity index (χ3v) is 3.76. The number of oxazole rings is 1. The van der Waals surface area contributed by atoms with Crippen molar-refractivity contribution in [1.29, 1.82) is 0 Å². The summed E-state index contributed by atoms with van der Waals surface area (Å²) in [5.74, 6) is -0.364. The molecule has 130 valence electrons. The summed E-state index contributed by atoms with van der Waals surface area (Å²) in [7, 11) is 1.75. The van der Waals surface area contributed by atoms with E-state index in [9.17, 15) is 9.18 Å². The van der Waals surface area contributed by atoms with Gasteiger partial charge in [0.05, 0.1) is 6.20 Å². The molecule has 0 radical (unpaired) electrons. The lowest BCUT2D eigenvalue weighted by molar-refractivity contribution is 0.0911. The molecule has 1 aromatic carbocycles. The van der Waals surface area contributed by atoms with Crippen molar-refractivity contribution in [2.75, 3.05) is 6.54 Å². The van der Waals surface area contributed by atoms with Crippen LogP contribution in [0.3, 0.4) is 0 Å². The van der Waals surface area contributed by atoms with Crippen LogP contribution >= 0.6 is 0 Å². The van der Waals surface area contributed by atoms with E-state index >= 15 is 0 Å². The highest BCUT2D eigenvalue weighted by Crippen LogP contribution is 2.18. The number of carbonyl (C=O) groups excluding carboxylic acids is 1. The third-order valence-electron chi connectivity index (χ3n) is 3.76. The Labute approximate surface area is 143 Å². The summed E-state index contributed by atoms with van der Waals surface area (Å²) in [5.41, 5.74) is 7.14. The highest BCUT2D eigenvalue weighted by Gasteiger charge is 2.18. The number of benzene rings is 1. The number of aryl methyl sites for hydroxylation is 1. The van der Waals surface area contributed by atoms with Crippen LogP contribution in [0, 0.1) is 5.82 Å². The lowest BCUT2D eigenvalue weighted by Crippen LogP contribution is -2.41. The Morgan fingerprint density at radius 1 is 1.44 bits per heavy atom. The normalized spacial score (nSPS) is 12.1. The van der Waals surface area contributed by atoms with Gasteiger partial charge in [-0.1, -0.05) is 12.1 Å². The Hall–Kier alpha value is -3.00. The van der Waals surface area contributed by atoms with Crippen molar-refractivity contribution in [2.24, 2.45) is 12.8 Å². The third kappa shape index (κ3) is 3.92. The Bertz CT molecular complexity index is 873. The SMILES string of the molecule is Cn1nccc1-c1ncc(C(=O)N[C@H](CN)Cc2cccc(F)c2)o1. The molecule has 0 bridgehead atoms. The average molecular weight is 343 g/mol. The summed E-state index contributed by atoms with van der Waals surface area (Å²) in [6, 6.07) is 7.58. The fraction of sp³-hybridized carbons (Fsp3) is 0.235. The zero-order valence-corrected chi connectivity index (χ0v) is 13.6. The largest absolute Gasteiger partial charge is 0.429 e. The van der Waals surface area contributed by atoms with Crippen molar-refractivity contribution in [2.45, 2.75) is 12.5 Å². The number of aromatic nitrogens is 3. The van der Waals surface area contributed by atoms with Gasteiger partial charge in [-0.2, -0.15) is 5.10 Å². The maximum absolute atomic E-state index is 13.3. The Balaban J connectivity index is 1.68. The van der Waals surface area contributed by atoms with Crippen molar-refractivity contribution >= 4 is 5.91 Å². The molecule has 1 atom stereocenters. The molecule has 0 saturated heterocycles. The number of hydrogen-bond donors (Lipinski definition) is 2. The second-order valence-electron chi connectivity index (χ2n) is 5.61. The molecule has 0 spiro atoms. The predicted molar refractivity (Wildman–Crippen MR) is 89.1 cm³/mol. The maximum Gasteiger partial charge on any atom is 0.289 e. The standard InChI is InChI=1S/C17H18FN5O2/c1-23-14(5-6-21-23)17-20-10-15(25-17)16(24)22-13(9-19)8-11-3-2-4-12(18)7-11/h2-7,10,13H,8-9,19H2,1H3,(H,22,24)/t13-/m0/s1. The van der Waals surface area contributed by atoms with Crippen molar-refractivity contribution in [3.63, 3.8) is 0 Å². The zero-order chi connectivity index (χ0) is 17.8. The van der Waals surface area contributed by atoms with Gasteiger partial charge in [-0.3, -0.25) is 9.48 Å². The van der Waals surface area contributed by atoms with Gasteiger partial charge in [-0.05, 0) is 30.2 Å². The highest BCUT2D eigenvalue weighted by molar-refractivity contribution is 5.91. The highest BCUT2D eigenvalue weighted by atomic mass is 19.1. The van der Waals surface area contributed by atoms with Crippen molar-refractivity contribution in [3.8, 4) is 11.6 Å². The van der Waals surface area contributed by atoms with E-state index in [1.54, 1.807) is 36.1 Å². The number of nitrogens with one attached hydrogen (secondary N) is 1. The molecule has 1 amide bonds. The first-order valence-electron chi connectivity index (χ1n) is 7.76. The average Bonchev–Trinajstić information content (AvgIpc) is 3.22. The molecular weight excluding hydrogens is 325 g/mol. The topological polar surface area (TPSA) is 99.0 Å². The second kappa shape index (κ2) is 7.27. The number of amides is 1. The smallest absolute Gasteiger partial charge is 0.289 e. The molecule has 0 aliphatic heterocycles. The van der Waals surface area contributed by atoms with E-state index in [1.807, 2.05) is 0 Å². The quantitative estimate of drug-likeness (QED) is 0.707. The summed E-state index contributed by atoms with van der Waals surface area (Å²) in [6.07, 6.45) is 3.39. The molecule has 2 heterocycles. The fourth-order valence-corrected chi connectivity index (χ4v) is 2.48. The molecule has 25 heavy (non-hydrogen) atoms. The first kappa shape index (κ1) is 16.8. The van der Waals surface area contributed by atoms with E-state index in [1.165, 1.54) is 18.3 Å². The predicted octanol–water partition coefficient (Wildman–Crippen LogP) is 1.51. The molecule has 3 aromatic rings. The van der Waals surface area contributed by atoms with Crippen LogP contribution in [0.5, 0.6) is 0 Å². The number of rotatable bonds is 6. The molecule has 0 aliphatic rings. The minimum Gasteiger partial charge on any atom is -0.429 e. The second-order valence-corrected chi connectivity index (χ2v) is 5.61. The lowest BCUT2D eigenvalue weighted by atomic mass is 10.1. The Kier molecular flexibility index (Phi) is 4.90. The van der Waals surface area contributed by atoms with Crippen LogP contribution in [-0.4, -0.2) is 33.3 Å². The van der Waals surface area contributed by atoms with Crippen LogP contribution in [0.25, 0.3) is 11.6 Å². The van der Waals surface area contributed by atoms with Crippen LogP contribution in [0.4, 0.5) is 4.39 Å². The van der Waals surface area contributed by atoms with Gasteiger partial charge < -0.3 is 15.5 Å². The Morgan fingerprint density at radius 2 is 2.28 bits per heavy atom. The van der Waals surface area contributed by atoms with E-state index in [2.05, 4.69) is 15.4 Å². The summed E-state index contributed by atoms with van der Waals surface area (Å²) in [4.78, 5) is 16.4. The maximum atomic E-state index is 13.3. The fourth-order valence-electron chi connectivity index (χ4n) is 2.48. The minimum atomic E-state index is -0.423. The number of nitrogens with zero attached hydrogens (tertiary/aromatic N) is 3. The lowest BCUT2D eigenvalue weighted by Gasteiger charge is -2.16. The van der Waals surface area contributed by atoms with E-state index in [0.29, 0.717) is 18.0 Å². The van der Waals surface area contributed by atoms with Gasteiger partial charge in [0.1, 0.15) is 11.5 Å². The molecule has 2 aromatic heterocycles. The first-order valence-corrected chi connectivity index (χ1v) is 7.76. The molecule has 3 rings (SSSR count). The molecular formula is C17H18FN5O2.